The largest absolute Gasteiger partial charge is 0.359 e. The number of nitrogen functional groups attached to an aromatic ring is 1. The van der Waals surface area contributed by atoms with Gasteiger partial charge in [-0.15, -0.1) is 0 Å². The van der Waals surface area contributed by atoms with E-state index in [-0.39, 0.29) is 5.69 Å². The molecule has 2 bridgehead atoms. The van der Waals surface area contributed by atoms with Gasteiger partial charge in [-0.3, -0.25) is 20.0 Å². The molecule has 2 fully saturated rings. The first kappa shape index (κ1) is 13.5. The molecule has 7 nitrogen and oxygen atoms in total. The highest BCUT2D eigenvalue weighted by atomic mass is 16.5. The molecule has 0 radical (unpaired) electrons. The minimum atomic E-state index is -0.422. The topological polar surface area (TPSA) is 87.6 Å². The number of amides is 1. The van der Waals surface area contributed by atoms with E-state index in [1.165, 1.54) is 19.3 Å². The molecule has 0 spiro atoms. The van der Waals surface area contributed by atoms with Gasteiger partial charge in [0.15, 0.2) is 11.5 Å². The molecular weight excluding hydrogens is 258 g/mol. The molecule has 2 atom stereocenters. The number of likely N-dealkylation sites (tertiary alicyclic amines) is 1. The molecule has 1 amide bonds. The molecule has 2 aliphatic heterocycles. The Morgan fingerprint density at radius 3 is 3.10 bits per heavy atom. The van der Waals surface area contributed by atoms with Gasteiger partial charge >= 0.3 is 0 Å². The number of carbonyl (C=O) groups excluding carboxylic acids is 1. The molecule has 110 valence electrons. The number of hydrogen-bond acceptors (Lipinski definition) is 6. The lowest BCUT2D eigenvalue weighted by atomic mass is 10.1. The summed E-state index contributed by atoms with van der Waals surface area (Å²) in [5.74, 6) is 5.37. The number of likely N-dealkylation sites (N-methyl/N-ethyl adjacent to an activating group) is 1. The fourth-order valence-corrected chi connectivity index (χ4v) is 3.31. The van der Waals surface area contributed by atoms with Gasteiger partial charge in [0.1, 0.15) is 0 Å². The number of hydrazine groups is 1. The average molecular weight is 279 g/mol. The standard InChI is InChI=1S/C13H21N5O2/c1-17-9-2-3-10(17)7-18(5-4-9)8-11-6-12(16-20-11)13(19)15-14/h6,9-10H,2-5,7-8,14H2,1H3,(H,15,19). The second kappa shape index (κ2) is 5.51. The van der Waals surface area contributed by atoms with Crippen molar-refractivity contribution < 1.29 is 9.32 Å². The van der Waals surface area contributed by atoms with Crippen LogP contribution in [0.2, 0.25) is 0 Å². The van der Waals surface area contributed by atoms with Crippen molar-refractivity contribution in [2.24, 2.45) is 5.84 Å². The van der Waals surface area contributed by atoms with E-state index in [2.05, 4.69) is 27.4 Å². The molecule has 1 aromatic rings. The molecule has 3 N–H and O–H groups in total. The fraction of sp³-hybridized carbons (Fsp3) is 0.692. The van der Waals surface area contributed by atoms with E-state index in [4.69, 9.17) is 10.4 Å². The summed E-state index contributed by atoms with van der Waals surface area (Å²) in [5, 5.41) is 3.73. The van der Waals surface area contributed by atoms with Crippen LogP contribution >= 0.6 is 0 Å². The Hall–Kier alpha value is -1.44. The van der Waals surface area contributed by atoms with E-state index >= 15 is 0 Å². The fourth-order valence-electron chi connectivity index (χ4n) is 3.31. The van der Waals surface area contributed by atoms with Gasteiger partial charge in [0, 0.05) is 31.2 Å². The van der Waals surface area contributed by atoms with Crippen molar-refractivity contribution in [2.45, 2.75) is 37.9 Å². The number of nitrogens with two attached hydrogens (primary N) is 1. The Balaban J connectivity index is 1.63. The van der Waals surface area contributed by atoms with Crippen LogP contribution in [0.15, 0.2) is 10.6 Å². The lowest BCUT2D eigenvalue weighted by Gasteiger charge is -2.24. The third kappa shape index (κ3) is 2.56. The second-order valence-electron chi connectivity index (χ2n) is 5.73. The van der Waals surface area contributed by atoms with Crippen molar-refractivity contribution in [3.8, 4) is 0 Å². The lowest BCUT2D eigenvalue weighted by molar-refractivity contribution is 0.0944. The van der Waals surface area contributed by atoms with Crippen LogP contribution in [0.5, 0.6) is 0 Å². The van der Waals surface area contributed by atoms with E-state index < -0.39 is 5.91 Å². The van der Waals surface area contributed by atoms with Gasteiger partial charge in [-0.2, -0.15) is 0 Å². The number of rotatable bonds is 3. The highest BCUT2D eigenvalue weighted by Crippen LogP contribution is 2.29. The van der Waals surface area contributed by atoms with Crippen LogP contribution in [-0.2, 0) is 6.54 Å². The maximum atomic E-state index is 11.3. The van der Waals surface area contributed by atoms with Crippen LogP contribution in [0.25, 0.3) is 0 Å². The molecule has 7 heteroatoms. The summed E-state index contributed by atoms with van der Waals surface area (Å²) in [6.45, 7) is 2.80. The van der Waals surface area contributed by atoms with E-state index in [0.29, 0.717) is 18.3 Å². The van der Waals surface area contributed by atoms with Crippen LogP contribution in [0, 0.1) is 0 Å². The van der Waals surface area contributed by atoms with Crippen molar-refractivity contribution in [3.05, 3.63) is 17.5 Å². The van der Waals surface area contributed by atoms with E-state index in [1.54, 1.807) is 6.07 Å². The SMILES string of the molecule is CN1C2CCC1CN(Cc1cc(C(=O)NN)no1)CC2. The summed E-state index contributed by atoms with van der Waals surface area (Å²) in [5.41, 5.74) is 2.29. The highest BCUT2D eigenvalue weighted by molar-refractivity contribution is 5.91. The normalized spacial score (nSPS) is 27.5. The molecule has 0 saturated carbocycles. The van der Waals surface area contributed by atoms with Gasteiger partial charge in [0.05, 0.1) is 6.54 Å². The average Bonchev–Trinajstić information content (AvgIpc) is 2.98. The van der Waals surface area contributed by atoms with Crippen molar-refractivity contribution in [3.63, 3.8) is 0 Å². The van der Waals surface area contributed by atoms with Gasteiger partial charge in [-0.25, -0.2) is 5.84 Å². The Morgan fingerprint density at radius 1 is 1.50 bits per heavy atom. The Bertz CT molecular complexity index is 489. The van der Waals surface area contributed by atoms with Crippen molar-refractivity contribution in [1.82, 2.24) is 20.4 Å². The minimum Gasteiger partial charge on any atom is -0.359 e. The Labute approximate surface area is 118 Å². The van der Waals surface area contributed by atoms with Crippen LogP contribution in [-0.4, -0.2) is 53.1 Å². The molecule has 0 aliphatic carbocycles. The molecule has 0 aromatic carbocycles. The molecule has 1 aromatic heterocycles. The number of fused-ring (bicyclic) bond motifs is 2. The zero-order valence-corrected chi connectivity index (χ0v) is 11.7. The predicted molar refractivity (Wildman–Crippen MR) is 72.6 cm³/mol. The molecule has 2 aliphatic rings. The monoisotopic (exact) mass is 279 g/mol. The number of nitrogens with zero attached hydrogens (tertiary/aromatic N) is 3. The zero-order chi connectivity index (χ0) is 14.1. The Kier molecular flexibility index (Phi) is 3.73. The summed E-state index contributed by atoms with van der Waals surface area (Å²) in [6, 6.07) is 3.02. The lowest BCUT2D eigenvalue weighted by Crippen LogP contribution is -2.36. The molecule has 2 saturated heterocycles. The summed E-state index contributed by atoms with van der Waals surface area (Å²) in [4.78, 5) is 16.2. The first-order valence-electron chi connectivity index (χ1n) is 7.08. The molecule has 3 heterocycles. The summed E-state index contributed by atoms with van der Waals surface area (Å²) in [7, 11) is 2.23. The first-order chi connectivity index (χ1) is 9.67. The molecule has 20 heavy (non-hydrogen) atoms. The van der Waals surface area contributed by atoms with Crippen LogP contribution < -0.4 is 11.3 Å². The maximum Gasteiger partial charge on any atom is 0.287 e. The Morgan fingerprint density at radius 2 is 2.30 bits per heavy atom. The van der Waals surface area contributed by atoms with Crippen LogP contribution in [0.4, 0.5) is 0 Å². The van der Waals surface area contributed by atoms with Crippen LogP contribution in [0.3, 0.4) is 0 Å². The number of aromatic nitrogens is 1. The number of hydrogen-bond donors (Lipinski definition) is 2. The smallest absolute Gasteiger partial charge is 0.287 e. The van der Waals surface area contributed by atoms with Gasteiger partial charge in [-0.05, 0) is 26.3 Å². The van der Waals surface area contributed by atoms with Gasteiger partial charge < -0.3 is 4.52 Å². The zero-order valence-electron chi connectivity index (χ0n) is 11.7. The highest BCUT2D eigenvalue weighted by Gasteiger charge is 2.34. The predicted octanol–water partition coefficient (Wildman–Crippen LogP) is -0.0534. The molecule has 2 unspecified atom stereocenters. The second-order valence-corrected chi connectivity index (χ2v) is 5.73. The summed E-state index contributed by atoms with van der Waals surface area (Å²) in [6.07, 6.45) is 3.78. The first-order valence-corrected chi connectivity index (χ1v) is 7.08. The van der Waals surface area contributed by atoms with Gasteiger partial charge in [0.25, 0.3) is 5.91 Å². The van der Waals surface area contributed by atoms with E-state index in [0.717, 1.165) is 19.1 Å². The summed E-state index contributed by atoms with van der Waals surface area (Å²) >= 11 is 0. The van der Waals surface area contributed by atoms with Crippen molar-refractivity contribution in [2.75, 3.05) is 20.1 Å². The van der Waals surface area contributed by atoms with E-state index in [9.17, 15) is 4.79 Å². The van der Waals surface area contributed by atoms with Crippen molar-refractivity contribution >= 4 is 5.91 Å². The van der Waals surface area contributed by atoms with Crippen molar-refractivity contribution in [1.29, 1.82) is 0 Å². The number of carbonyl (C=O) groups is 1. The molecule has 3 rings (SSSR count). The maximum absolute atomic E-state index is 11.3. The minimum absolute atomic E-state index is 0.232. The van der Waals surface area contributed by atoms with Gasteiger partial charge in [0.2, 0.25) is 0 Å². The van der Waals surface area contributed by atoms with Crippen LogP contribution in [0.1, 0.15) is 35.5 Å². The quantitative estimate of drug-likeness (QED) is 0.458. The van der Waals surface area contributed by atoms with E-state index in [1.807, 2.05) is 0 Å². The third-order valence-corrected chi connectivity index (χ3v) is 4.53. The third-order valence-electron chi connectivity index (χ3n) is 4.53. The van der Waals surface area contributed by atoms with Gasteiger partial charge in [-0.1, -0.05) is 5.16 Å². The summed E-state index contributed by atoms with van der Waals surface area (Å²) < 4.78 is 5.22. The number of nitrogens with one attached hydrogen (secondary N) is 1. The molecular formula is C13H21N5O2.